The summed E-state index contributed by atoms with van der Waals surface area (Å²) in [5.41, 5.74) is 0. The van der Waals surface area contributed by atoms with Crippen LogP contribution in [-0.2, 0) is 4.79 Å². The van der Waals surface area contributed by atoms with Gasteiger partial charge in [0.2, 0.25) is 0 Å². The molecule has 1 heterocycles. The Morgan fingerprint density at radius 3 is 1.65 bits per heavy atom. The molecular formula is C23H22Cl2N3OPS. The molecule has 1 aromatic heterocycles. The molecule has 0 radical (unpaired) electrons. The Hall–Kier alpha value is -2.17. The van der Waals surface area contributed by atoms with Crippen molar-refractivity contribution < 1.29 is 17.2 Å². The van der Waals surface area contributed by atoms with Gasteiger partial charge in [-0.15, -0.1) is 12.4 Å². The van der Waals surface area contributed by atoms with E-state index < -0.39 is 7.26 Å². The average molecular weight is 490 g/mol. The third-order valence-corrected chi connectivity index (χ3v) is 10.1. The maximum absolute atomic E-state index is 13.2. The topological polar surface area (TPSA) is 58.6 Å². The minimum atomic E-state index is -2.13. The molecule has 4 rings (SSSR count). The normalized spacial score (nSPS) is 10.6. The first-order valence-electron chi connectivity index (χ1n) is 9.34. The lowest BCUT2D eigenvalue weighted by atomic mass is 10.4. The summed E-state index contributed by atoms with van der Waals surface area (Å²) in [6.07, 6.45) is 1.94. The van der Waals surface area contributed by atoms with Gasteiger partial charge >= 0.3 is 0 Å². The van der Waals surface area contributed by atoms with Gasteiger partial charge in [-0.05, 0) is 36.4 Å². The second-order valence-electron chi connectivity index (χ2n) is 6.59. The molecule has 4 aromatic rings. The van der Waals surface area contributed by atoms with Crippen molar-refractivity contribution in [3.05, 3.63) is 97.3 Å². The van der Waals surface area contributed by atoms with Gasteiger partial charge in [-0.3, -0.25) is 9.89 Å². The van der Waals surface area contributed by atoms with E-state index in [-0.39, 0.29) is 30.6 Å². The van der Waals surface area contributed by atoms with E-state index in [0.29, 0.717) is 17.1 Å². The van der Waals surface area contributed by atoms with Crippen LogP contribution >= 0.6 is 31.4 Å². The van der Waals surface area contributed by atoms with E-state index in [1.165, 1.54) is 34.0 Å². The second kappa shape index (κ2) is 12.0. The Bertz CT molecular complexity index is 955. The highest BCUT2D eigenvalue weighted by atomic mass is 35.5. The third-order valence-electron chi connectivity index (χ3n) is 4.77. The number of carbonyl (C=O) groups is 1. The highest BCUT2D eigenvalue weighted by Gasteiger charge is 2.46. The van der Waals surface area contributed by atoms with Gasteiger partial charge in [0, 0.05) is 0 Å². The summed E-state index contributed by atoms with van der Waals surface area (Å²) < 4.78 is 0. The SMILES string of the molecule is Cl.O=C(CSc1ncn[nH]1)C[P+](c1ccccc1)(c1ccccc1)c1ccccc1.[Cl-]. The van der Waals surface area contributed by atoms with Crippen LogP contribution in [0.5, 0.6) is 0 Å². The number of nitrogens with one attached hydrogen (secondary N) is 1. The number of nitrogens with zero attached hydrogens (tertiary/aromatic N) is 2. The van der Waals surface area contributed by atoms with Crippen LogP contribution in [0, 0.1) is 0 Å². The molecule has 31 heavy (non-hydrogen) atoms. The fourth-order valence-electron chi connectivity index (χ4n) is 3.49. The van der Waals surface area contributed by atoms with Crippen LogP contribution in [0.25, 0.3) is 0 Å². The van der Waals surface area contributed by atoms with Crippen LogP contribution in [0.4, 0.5) is 0 Å². The lowest BCUT2D eigenvalue weighted by Crippen LogP contribution is -3.00. The van der Waals surface area contributed by atoms with Crippen molar-refractivity contribution in [3.8, 4) is 0 Å². The molecule has 0 unspecified atom stereocenters. The number of halogens is 2. The summed E-state index contributed by atoms with van der Waals surface area (Å²) in [5.74, 6) is 0.569. The van der Waals surface area contributed by atoms with Gasteiger partial charge in [0.15, 0.2) is 10.9 Å². The summed E-state index contributed by atoms with van der Waals surface area (Å²) in [7, 11) is -2.13. The number of rotatable bonds is 8. The van der Waals surface area contributed by atoms with Crippen molar-refractivity contribution in [3.63, 3.8) is 0 Å². The number of H-pyrrole nitrogens is 1. The van der Waals surface area contributed by atoms with Gasteiger partial charge in [-0.2, -0.15) is 5.10 Å². The van der Waals surface area contributed by atoms with Crippen LogP contribution in [-0.4, -0.2) is 32.9 Å². The molecule has 0 spiro atoms. The average Bonchev–Trinajstić information content (AvgIpc) is 3.32. The molecule has 0 fully saturated rings. The molecule has 0 aliphatic rings. The Kier molecular flexibility index (Phi) is 9.73. The zero-order valence-corrected chi connectivity index (χ0v) is 19.9. The van der Waals surface area contributed by atoms with Crippen molar-refractivity contribution >= 4 is 53.1 Å². The van der Waals surface area contributed by atoms with Crippen molar-refractivity contribution in [1.29, 1.82) is 0 Å². The monoisotopic (exact) mass is 489 g/mol. The van der Waals surface area contributed by atoms with Crippen molar-refractivity contribution in [2.75, 3.05) is 11.9 Å². The standard InChI is InChI=1S/C23H21N3OPS.2ClH/c27-19(17-29-23-24-18-25-26-23)16-28(20-10-4-1-5-11-20,21-12-6-2-7-13-21)22-14-8-3-9-15-22;;/h1-15,18H,16-17H2,(H,24,25,26);2*1H/q+1;;/p-1. The maximum atomic E-state index is 13.2. The summed E-state index contributed by atoms with van der Waals surface area (Å²) >= 11 is 1.40. The second-order valence-corrected chi connectivity index (χ2v) is 11.0. The number of benzene rings is 3. The number of aromatic amines is 1. The molecule has 0 saturated heterocycles. The molecular weight excluding hydrogens is 468 g/mol. The van der Waals surface area contributed by atoms with Gasteiger partial charge in [-0.25, -0.2) is 4.98 Å². The zero-order valence-electron chi connectivity index (χ0n) is 16.6. The van der Waals surface area contributed by atoms with Gasteiger partial charge in [0.05, 0.1) is 5.75 Å². The molecule has 4 nitrogen and oxygen atoms in total. The minimum absolute atomic E-state index is 0. The maximum Gasteiger partial charge on any atom is 0.183 e. The van der Waals surface area contributed by atoms with Gasteiger partial charge in [0.25, 0.3) is 0 Å². The summed E-state index contributed by atoms with van der Waals surface area (Å²) in [4.78, 5) is 17.3. The zero-order chi connectivity index (χ0) is 19.9. The van der Waals surface area contributed by atoms with Crippen LogP contribution in [0.2, 0.25) is 0 Å². The van der Waals surface area contributed by atoms with Crippen LogP contribution in [0.3, 0.4) is 0 Å². The molecule has 160 valence electrons. The summed E-state index contributed by atoms with van der Waals surface area (Å²) in [6, 6.07) is 31.4. The van der Waals surface area contributed by atoms with Crippen LogP contribution < -0.4 is 28.3 Å². The number of hydrogen-bond acceptors (Lipinski definition) is 4. The fraction of sp³-hybridized carbons (Fsp3) is 0.0870. The molecule has 0 atom stereocenters. The highest BCUT2D eigenvalue weighted by Crippen LogP contribution is 2.55. The lowest BCUT2D eigenvalue weighted by molar-refractivity contribution is -0.114. The van der Waals surface area contributed by atoms with E-state index in [4.69, 9.17) is 0 Å². The highest BCUT2D eigenvalue weighted by molar-refractivity contribution is 8.00. The van der Waals surface area contributed by atoms with Crippen LogP contribution in [0.1, 0.15) is 0 Å². The molecule has 0 aliphatic carbocycles. The van der Waals surface area contributed by atoms with Gasteiger partial charge in [0.1, 0.15) is 35.7 Å². The number of Topliss-reactive ketones (excluding diaryl/α,β-unsaturated/α-hetero) is 1. The quantitative estimate of drug-likeness (QED) is 0.295. The first-order chi connectivity index (χ1) is 14.3. The van der Waals surface area contributed by atoms with Gasteiger partial charge < -0.3 is 12.4 Å². The molecule has 1 N–H and O–H groups in total. The molecule has 0 aliphatic heterocycles. The van der Waals surface area contributed by atoms with E-state index in [1.807, 2.05) is 18.2 Å². The summed E-state index contributed by atoms with van der Waals surface area (Å²) in [6.45, 7) is 0. The number of hydrogen-bond donors (Lipinski definition) is 1. The van der Waals surface area contributed by atoms with Crippen molar-refractivity contribution in [2.24, 2.45) is 0 Å². The number of aromatic nitrogens is 3. The van der Waals surface area contributed by atoms with E-state index in [1.54, 1.807) is 0 Å². The minimum Gasteiger partial charge on any atom is -1.00 e. The predicted molar refractivity (Wildman–Crippen MR) is 129 cm³/mol. The lowest BCUT2D eigenvalue weighted by Gasteiger charge is -2.27. The number of ketones is 1. The first-order valence-corrected chi connectivity index (χ1v) is 12.3. The number of carbonyl (C=O) groups excluding carboxylic acids is 1. The van der Waals surface area contributed by atoms with Crippen molar-refractivity contribution in [2.45, 2.75) is 5.16 Å². The molecule has 8 heteroatoms. The van der Waals surface area contributed by atoms with E-state index >= 15 is 0 Å². The Balaban J connectivity index is 0.00000171. The van der Waals surface area contributed by atoms with Crippen molar-refractivity contribution in [1.82, 2.24) is 15.2 Å². The number of thioether (sulfide) groups is 1. The molecule has 0 saturated carbocycles. The predicted octanol–water partition coefficient (Wildman–Crippen LogP) is 0.886. The Labute approximate surface area is 199 Å². The molecule has 0 bridgehead atoms. The largest absolute Gasteiger partial charge is 1.00 e. The Morgan fingerprint density at radius 2 is 1.26 bits per heavy atom. The van der Waals surface area contributed by atoms with Crippen LogP contribution in [0.15, 0.2) is 102 Å². The summed E-state index contributed by atoms with van der Waals surface area (Å²) in [5, 5.41) is 11.0. The first kappa shape index (κ1) is 25.1. The third kappa shape index (κ3) is 5.75. The fourth-order valence-corrected chi connectivity index (χ4v) is 8.41. The van der Waals surface area contributed by atoms with E-state index in [2.05, 4.69) is 88.0 Å². The molecule has 3 aromatic carbocycles. The van der Waals surface area contributed by atoms with E-state index in [9.17, 15) is 4.79 Å². The molecule has 0 amide bonds. The van der Waals surface area contributed by atoms with E-state index in [0.717, 1.165) is 0 Å². The van der Waals surface area contributed by atoms with Gasteiger partial charge in [-0.1, -0.05) is 66.4 Å². The Morgan fingerprint density at radius 1 is 0.806 bits per heavy atom. The smallest absolute Gasteiger partial charge is 0.183 e.